The molecule has 30 heavy (non-hydrogen) atoms. The van der Waals surface area contributed by atoms with Crippen LogP contribution in [0.3, 0.4) is 0 Å². The monoisotopic (exact) mass is 406 g/mol. The minimum Gasteiger partial charge on any atom is -0.497 e. The van der Waals surface area contributed by atoms with E-state index in [4.69, 9.17) is 4.74 Å². The molecule has 1 aliphatic rings. The zero-order valence-corrected chi connectivity index (χ0v) is 17.1. The predicted molar refractivity (Wildman–Crippen MR) is 114 cm³/mol. The van der Waals surface area contributed by atoms with E-state index in [9.17, 15) is 9.59 Å². The average molecular weight is 406 g/mol. The maximum Gasteiger partial charge on any atom is 0.347 e. The summed E-state index contributed by atoms with van der Waals surface area (Å²) in [5, 5.41) is 6.87. The van der Waals surface area contributed by atoms with Gasteiger partial charge < -0.3 is 9.64 Å². The predicted octanol–water partition coefficient (Wildman–Crippen LogP) is 2.91. The van der Waals surface area contributed by atoms with Crippen LogP contribution in [0.15, 0.2) is 59.4 Å². The lowest BCUT2D eigenvalue weighted by molar-refractivity contribution is -0.132. The Morgan fingerprint density at radius 3 is 2.63 bits per heavy atom. The highest BCUT2D eigenvalue weighted by molar-refractivity contribution is 5.76. The molecule has 0 radical (unpaired) electrons. The van der Waals surface area contributed by atoms with Gasteiger partial charge in [0.05, 0.1) is 12.8 Å². The Kier molecular flexibility index (Phi) is 5.97. The van der Waals surface area contributed by atoms with Crippen LogP contribution < -0.4 is 10.4 Å². The first kappa shape index (κ1) is 19.9. The van der Waals surface area contributed by atoms with Gasteiger partial charge in [-0.1, -0.05) is 30.3 Å². The zero-order chi connectivity index (χ0) is 20.9. The molecule has 0 aliphatic carbocycles. The Labute approximate surface area is 175 Å². The summed E-state index contributed by atoms with van der Waals surface area (Å²) >= 11 is 0. The second kappa shape index (κ2) is 8.98. The summed E-state index contributed by atoms with van der Waals surface area (Å²) < 4.78 is 6.89. The number of nitrogens with zero attached hydrogens (tertiary/aromatic N) is 3. The fourth-order valence-electron chi connectivity index (χ4n) is 4.03. The zero-order valence-electron chi connectivity index (χ0n) is 17.1. The Balaban J connectivity index is 1.36. The number of hydrogen-bond donors (Lipinski definition) is 1. The Morgan fingerprint density at radius 1 is 1.13 bits per heavy atom. The van der Waals surface area contributed by atoms with E-state index in [1.807, 2.05) is 59.5 Å². The topological polar surface area (TPSA) is 80.2 Å². The quantitative estimate of drug-likeness (QED) is 0.683. The number of H-pyrrole nitrogens is 1. The van der Waals surface area contributed by atoms with Crippen molar-refractivity contribution >= 4 is 5.91 Å². The minimum atomic E-state index is -0.229. The molecular formula is C23H26N4O3. The van der Waals surface area contributed by atoms with Crippen LogP contribution >= 0.6 is 0 Å². The van der Waals surface area contributed by atoms with Crippen molar-refractivity contribution in [2.24, 2.45) is 0 Å². The van der Waals surface area contributed by atoms with Crippen LogP contribution in [-0.4, -0.2) is 45.8 Å². The number of carbonyl (C=O) groups excluding carboxylic acids is 1. The van der Waals surface area contributed by atoms with E-state index in [1.165, 1.54) is 0 Å². The summed E-state index contributed by atoms with van der Waals surface area (Å²) in [5.41, 5.74) is 1.68. The number of para-hydroxylation sites is 1. The van der Waals surface area contributed by atoms with E-state index in [1.54, 1.807) is 11.7 Å². The first-order valence-electron chi connectivity index (χ1n) is 10.3. The first-order valence-corrected chi connectivity index (χ1v) is 10.3. The number of aryl methyl sites for hydroxylation is 1. The largest absolute Gasteiger partial charge is 0.497 e. The van der Waals surface area contributed by atoms with Crippen LogP contribution in [0.2, 0.25) is 0 Å². The number of nitrogens with one attached hydrogen (secondary N) is 1. The highest BCUT2D eigenvalue weighted by Gasteiger charge is 2.27. The van der Waals surface area contributed by atoms with Gasteiger partial charge in [-0.05, 0) is 49.1 Å². The van der Waals surface area contributed by atoms with Crippen molar-refractivity contribution in [3.63, 3.8) is 0 Å². The molecule has 7 heteroatoms. The molecule has 3 aromatic rings. The fraction of sp³-hybridized carbons (Fsp3) is 0.348. The van der Waals surface area contributed by atoms with Crippen molar-refractivity contribution in [3.05, 3.63) is 76.5 Å². The highest BCUT2D eigenvalue weighted by atomic mass is 16.5. The van der Waals surface area contributed by atoms with E-state index in [0.29, 0.717) is 25.9 Å². The summed E-state index contributed by atoms with van der Waals surface area (Å²) in [6.45, 7) is 1.36. The van der Waals surface area contributed by atoms with Gasteiger partial charge in [0.1, 0.15) is 11.6 Å². The molecule has 1 amide bonds. The van der Waals surface area contributed by atoms with E-state index in [-0.39, 0.29) is 17.5 Å². The van der Waals surface area contributed by atoms with Gasteiger partial charge in [0.15, 0.2) is 0 Å². The summed E-state index contributed by atoms with van der Waals surface area (Å²) in [5.74, 6) is 1.87. The van der Waals surface area contributed by atoms with E-state index in [2.05, 4.69) is 10.2 Å². The van der Waals surface area contributed by atoms with Crippen LogP contribution in [0.25, 0.3) is 5.69 Å². The lowest BCUT2D eigenvalue weighted by Gasteiger charge is -2.31. The van der Waals surface area contributed by atoms with Gasteiger partial charge in [-0.25, -0.2) is 14.5 Å². The molecule has 0 saturated carbocycles. The molecular weight excluding hydrogens is 380 g/mol. The van der Waals surface area contributed by atoms with Gasteiger partial charge in [0.2, 0.25) is 5.91 Å². The molecule has 0 atom stereocenters. The Bertz CT molecular complexity index is 1050. The standard InChI is InChI=1S/C23H26N4O3/c1-30-20-9-5-6-17(16-20)10-11-21(28)26-14-12-18(13-15-26)22-24-25-23(29)27(22)19-7-3-2-4-8-19/h2-9,16,18H,10-15H2,1H3,(H,25,29). The van der Waals surface area contributed by atoms with Crippen molar-refractivity contribution in [2.75, 3.05) is 20.2 Å². The molecule has 0 bridgehead atoms. The third-order valence-electron chi connectivity index (χ3n) is 5.69. The number of ether oxygens (including phenoxy) is 1. The molecule has 1 fully saturated rings. The smallest absolute Gasteiger partial charge is 0.347 e. The van der Waals surface area contributed by atoms with Gasteiger partial charge in [-0.2, -0.15) is 5.10 Å². The SMILES string of the molecule is COc1cccc(CCC(=O)N2CCC(c3n[nH]c(=O)n3-c3ccccc3)CC2)c1. The van der Waals surface area contributed by atoms with Crippen LogP contribution in [0.4, 0.5) is 0 Å². The number of benzene rings is 2. The summed E-state index contributed by atoms with van der Waals surface area (Å²) in [4.78, 5) is 26.9. The number of likely N-dealkylation sites (tertiary alicyclic amines) is 1. The lowest BCUT2D eigenvalue weighted by Crippen LogP contribution is -2.38. The second-order valence-electron chi connectivity index (χ2n) is 7.56. The molecule has 2 heterocycles. The number of piperidine rings is 1. The van der Waals surface area contributed by atoms with Gasteiger partial charge >= 0.3 is 5.69 Å². The lowest BCUT2D eigenvalue weighted by atomic mass is 9.95. The summed E-state index contributed by atoms with van der Waals surface area (Å²) in [6.07, 6.45) is 2.77. The molecule has 7 nitrogen and oxygen atoms in total. The minimum absolute atomic E-state index is 0.145. The number of aromatic nitrogens is 3. The van der Waals surface area contributed by atoms with E-state index in [0.717, 1.165) is 35.7 Å². The molecule has 2 aromatic carbocycles. The number of methoxy groups -OCH3 is 1. The maximum absolute atomic E-state index is 12.7. The molecule has 0 spiro atoms. The molecule has 156 valence electrons. The van der Waals surface area contributed by atoms with Gasteiger partial charge in [-0.15, -0.1) is 0 Å². The normalized spacial score (nSPS) is 14.6. The number of aromatic amines is 1. The van der Waals surface area contributed by atoms with Crippen LogP contribution in [0.1, 0.15) is 36.6 Å². The van der Waals surface area contributed by atoms with Crippen LogP contribution in [-0.2, 0) is 11.2 Å². The molecule has 1 aromatic heterocycles. The average Bonchev–Trinajstić information content (AvgIpc) is 3.19. The molecule has 1 aliphatic heterocycles. The molecule has 1 saturated heterocycles. The third-order valence-corrected chi connectivity index (χ3v) is 5.69. The van der Waals surface area contributed by atoms with Gasteiger partial charge in [0, 0.05) is 25.4 Å². The third kappa shape index (κ3) is 4.30. The number of amides is 1. The number of hydrogen-bond acceptors (Lipinski definition) is 4. The van der Waals surface area contributed by atoms with Crippen LogP contribution in [0, 0.1) is 0 Å². The van der Waals surface area contributed by atoms with Crippen molar-refractivity contribution in [1.29, 1.82) is 0 Å². The summed E-state index contributed by atoms with van der Waals surface area (Å²) in [7, 11) is 1.64. The van der Waals surface area contributed by atoms with E-state index >= 15 is 0 Å². The second-order valence-corrected chi connectivity index (χ2v) is 7.56. The first-order chi connectivity index (χ1) is 14.7. The van der Waals surface area contributed by atoms with Crippen molar-refractivity contribution in [2.45, 2.75) is 31.6 Å². The molecule has 0 unspecified atom stereocenters. The maximum atomic E-state index is 12.7. The summed E-state index contributed by atoms with van der Waals surface area (Å²) in [6, 6.07) is 17.4. The van der Waals surface area contributed by atoms with Crippen molar-refractivity contribution < 1.29 is 9.53 Å². The number of rotatable bonds is 6. The van der Waals surface area contributed by atoms with Gasteiger partial charge in [-0.3, -0.25) is 4.79 Å². The van der Waals surface area contributed by atoms with Crippen molar-refractivity contribution in [3.8, 4) is 11.4 Å². The van der Waals surface area contributed by atoms with Crippen molar-refractivity contribution in [1.82, 2.24) is 19.7 Å². The number of carbonyl (C=O) groups is 1. The van der Waals surface area contributed by atoms with Crippen LogP contribution in [0.5, 0.6) is 5.75 Å². The highest BCUT2D eigenvalue weighted by Crippen LogP contribution is 2.27. The fourth-order valence-corrected chi connectivity index (χ4v) is 4.03. The van der Waals surface area contributed by atoms with E-state index < -0.39 is 0 Å². The molecule has 4 rings (SSSR count). The van der Waals surface area contributed by atoms with Gasteiger partial charge in [0.25, 0.3) is 0 Å². The Morgan fingerprint density at radius 2 is 1.90 bits per heavy atom. The Hall–Kier alpha value is -3.35. The molecule has 1 N–H and O–H groups in total.